The molecule has 0 atom stereocenters. The Hall–Kier alpha value is -2.53. The smallest absolute Gasteiger partial charge is 0.255 e. The van der Waals surface area contributed by atoms with Crippen LogP contribution in [0.5, 0.6) is 0 Å². The highest BCUT2D eigenvalue weighted by Crippen LogP contribution is 2.21. The number of hydrogen-bond donors (Lipinski definition) is 3. The monoisotopic (exact) mass is 477 g/mol. The van der Waals surface area contributed by atoms with Gasteiger partial charge in [-0.25, -0.2) is 26.3 Å². The standard InChI is InChI=1S/C22H27N3O5S2/c1-2-14-23-31(27,28)16-17-10-12-19(13-11-17)24-22(26)18-6-5-9-21(15-18)32(29,30)25-20-7-3-4-8-20/h2,5-6,9-13,15,20,23,25H,1,3-4,7-8,14,16H2,(H,24,26). The third-order valence-electron chi connectivity index (χ3n) is 5.10. The molecule has 172 valence electrons. The Kier molecular flexibility index (Phi) is 7.83. The molecule has 1 fully saturated rings. The van der Waals surface area contributed by atoms with E-state index in [4.69, 9.17) is 0 Å². The van der Waals surface area contributed by atoms with Crippen LogP contribution in [0.4, 0.5) is 5.69 Å². The average Bonchev–Trinajstić information content (AvgIpc) is 3.26. The maximum Gasteiger partial charge on any atom is 0.255 e. The second-order valence-corrected chi connectivity index (χ2v) is 11.2. The lowest BCUT2D eigenvalue weighted by atomic mass is 10.2. The van der Waals surface area contributed by atoms with Crippen LogP contribution in [-0.4, -0.2) is 35.3 Å². The zero-order valence-corrected chi connectivity index (χ0v) is 19.2. The lowest BCUT2D eigenvalue weighted by Crippen LogP contribution is -2.32. The number of nitrogens with one attached hydrogen (secondary N) is 3. The van der Waals surface area contributed by atoms with E-state index in [0.29, 0.717) is 11.3 Å². The molecule has 0 aliphatic heterocycles. The van der Waals surface area contributed by atoms with Crippen molar-refractivity contribution < 1.29 is 21.6 Å². The molecule has 0 unspecified atom stereocenters. The van der Waals surface area contributed by atoms with Crippen LogP contribution in [0, 0.1) is 0 Å². The Balaban J connectivity index is 1.65. The van der Waals surface area contributed by atoms with E-state index in [9.17, 15) is 21.6 Å². The van der Waals surface area contributed by atoms with Gasteiger partial charge in [0, 0.05) is 23.8 Å². The van der Waals surface area contributed by atoms with E-state index >= 15 is 0 Å². The summed E-state index contributed by atoms with van der Waals surface area (Å²) in [5, 5.41) is 2.70. The fourth-order valence-corrected chi connectivity index (χ4v) is 5.94. The van der Waals surface area contributed by atoms with Crippen molar-refractivity contribution >= 4 is 31.6 Å². The van der Waals surface area contributed by atoms with E-state index in [1.807, 2.05) is 0 Å². The third kappa shape index (κ3) is 6.73. The minimum atomic E-state index is -3.70. The lowest BCUT2D eigenvalue weighted by molar-refractivity contribution is 0.102. The molecule has 2 aromatic carbocycles. The van der Waals surface area contributed by atoms with Gasteiger partial charge in [-0.1, -0.05) is 37.1 Å². The number of carbonyl (C=O) groups excluding carboxylic acids is 1. The third-order valence-corrected chi connectivity index (χ3v) is 7.94. The van der Waals surface area contributed by atoms with Crippen molar-refractivity contribution in [3.63, 3.8) is 0 Å². The molecular weight excluding hydrogens is 450 g/mol. The molecule has 3 rings (SSSR count). The Labute approximate surface area is 189 Å². The molecular formula is C22H27N3O5S2. The molecule has 1 aliphatic carbocycles. The van der Waals surface area contributed by atoms with E-state index in [0.717, 1.165) is 25.7 Å². The van der Waals surface area contributed by atoms with Crippen LogP contribution in [0.2, 0.25) is 0 Å². The first-order chi connectivity index (χ1) is 15.2. The SMILES string of the molecule is C=CCNS(=O)(=O)Cc1ccc(NC(=O)c2cccc(S(=O)(=O)NC3CCCC3)c2)cc1. The van der Waals surface area contributed by atoms with Crippen LogP contribution in [0.3, 0.4) is 0 Å². The summed E-state index contributed by atoms with van der Waals surface area (Å²) in [4.78, 5) is 12.7. The maximum atomic E-state index is 12.6. The molecule has 1 saturated carbocycles. The van der Waals surface area contributed by atoms with Gasteiger partial charge in [0.2, 0.25) is 20.0 Å². The summed E-state index contributed by atoms with van der Waals surface area (Å²) in [7, 11) is -7.18. The molecule has 3 N–H and O–H groups in total. The number of benzene rings is 2. The Morgan fingerprint density at radius 3 is 2.38 bits per heavy atom. The minimum absolute atomic E-state index is 0.0460. The largest absolute Gasteiger partial charge is 0.322 e. The minimum Gasteiger partial charge on any atom is -0.322 e. The highest BCUT2D eigenvalue weighted by Gasteiger charge is 2.23. The number of rotatable bonds is 10. The van der Waals surface area contributed by atoms with E-state index < -0.39 is 26.0 Å². The lowest BCUT2D eigenvalue weighted by Gasteiger charge is -2.13. The fraction of sp³-hybridized carbons (Fsp3) is 0.318. The van der Waals surface area contributed by atoms with Gasteiger partial charge >= 0.3 is 0 Å². The van der Waals surface area contributed by atoms with Gasteiger partial charge in [-0.05, 0) is 48.7 Å². The van der Waals surface area contributed by atoms with Crippen molar-refractivity contribution in [2.24, 2.45) is 0 Å². The second kappa shape index (κ2) is 10.4. The predicted molar refractivity (Wildman–Crippen MR) is 124 cm³/mol. The van der Waals surface area contributed by atoms with Gasteiger partial charge in [-0.15, -0.1) is 6.58 Å². The van der Waals surface area contributed by atoms with Crippen molar-refractivity contribution in [2.45, 2.75) is 42.4 Å². The Morgan fingerprint density at radius 2 is 1.72 bits per heavy atom. The van der Waals surface area contributed by atoms with Gasteiger partial charge in [0.25, 0.3) is 5.91 Å². The summed E-state index contributed by atoms with van der Waals surface area (Å²) in [5.41, 5.74) is 1.23. The van der Waals surface area contributed by atoms with Gasteiger partial charge in [0.15, 0.2) is 0 Å². The van der Waals surface area contributed by atoms with Crippen molar-refractivity contribution in [1.29, 1.82) is 0 Å². The quantitative estimate of drug-likeness (QED) is 0.454. The van der Waals surface area contributed by atoms with Crippen LogP contribution >= 0.6 is 0 Å². The fourth-order valence-electron chi connectivity index (χ4n) is 3.48. The molecule has 32 heavy (non-hydrogen) atoms. The molecule has 1 amide bonds. The van der Waals surface area contributed by atoms with Crippen LogP contribution < -0.4 is 14.8 Å². The summed E-state index contributed by atoms with van der Waals surface area (Å²) in [6.07, 6.45) is 5.11. The molecule has 0 radical (unpaired) electrons. The molecule has 0 bridgehead atoms. The van der Waals surface area contributed by atoms with Crippen molar-refractivity contribution in [3.05, 3.63) is 72.3 Å². The highest BCUT2D eigenvalue weighted by molar-refractivity contribution is 7.89. The van der Waals surface area contributed by atoms with Gasteiger partial charge < -0.3 is 5.32 Å². The van der Waals surface area contributed by atoms with Crippen molar-refractivity contribution in [2.75, 3.05) is 11.9 Å². The van der Waals surface area contributed by atoms with Crippen LogP contribution in [0.25, 0.3) is 0 Å². The molecule has 1 aliphatic rings. The summed E-state index contributed by atoms with van der Waals surface area (Å²) < 4.78 is 54.3. The molecule has 0 saturated heterocycles. The second-order valence-electron chi connectivity index (χ2n) is 7.68. The summed E-state index contributed by atoms with van der Waals surface area (Å²) >= 11 is 0. The van der Waals surface area contributed by atoms with Gasteiger partial charge in [0.1, 0.15) is 0 Å². The van der Waals surface area contributed by atoms with E-state index in [-0.39, 0.29) is 28.8 Å². The molecule has 10 heteroatoms. The van der Waals surface area contributed by atoms with Crippen LogP contribution in [-0.2, 0) is 25.8 Å². The van der Waals surface area contributed by atoms with Crippen LogP contribution in [0.1, 0.15) is 41.6 Å². The number of anilines is 1. The van der Waals surface area contributed by atoms with E-state index in [1.54, 1.807) is 24.3 Å². The van der Waals surface area contributed by atoms with Gasteiger partial charge in [0.05, 0.1) is 10.6 Å². The first kappa shape index (κ1) is 24.1. The first-order valence-electron chi connectivity index (χ1n) is 10.3. The van der Waals surface area contributed by atoms with Gasteiger partial charge in [-0.3, -0.25) is 4.79 Å². The predicted octanol–water partition coefficient (Wildman–Crippen LogP) is 2.77. The van der Waals surface area contributed by atoms with Crippen molar-refractivity contribution in [3.8, 4) is 0 Å². The van der Waals surface area contributed by atoms with E-state index in [1.165, 1.54) is 30.3 Å². The Morgan fingerprint density at radius 1 is 1.03 bits per heavy atom. The number of sulfonamides is 2. The molecule has 2 aromatic rings. The summed E-state index contributed by atoms with van der Waals surface area (Å²) in [6, 6.07) is 12.2. The van der Waals surface area contributed by atoms with Crippen molar-refractivity contribution in [1.82, 2.24) is 9.44 Å². The number of amides is 1. The first-order valence-corrected chi connectivity index (χ1v) is 13.4. The normalized spacial score (nSPS) is 14.9. The summed E-state index contributed by atoms with van der Waals surface area (Å²) in [5.74, 6) is -0.654. The Bertz CT molecular complexity index is 1170. The van der Waals surface area contributed by atoms with Crippen LogP contribution in [0.15, 0.2) is 66.1 Å². The molecule has 8 nitrogen and oxygen atoms in total. The van der Waals surface area contributed by atoms with E-state index in [2.05, 4.69) is 21.3 Å². The zero-order valence-electron chi connectivity index (χ0n) is 17.6. The average molecular weight is 478 g/mol. The summed E-state index contributed by atoms with van der Waals surface area (Å²) in [6.45, 7) is 3.63. The van der Waals surface area contributed by atoms with Gasteiger partial charge in [-0.2, -0.15) is 0 Å². The topological polar surface area (TPSA) is 121 Å². The molecule has 0 aromatic heterocycles. The molecule has 0 heterocycles. The molecule has 0 spiro atoms. The maximum absolute atomic E-state index is 12.6. The highest BCUT2D eigenvalue weighted by atomic mass is 32.2. The zero-order chi connectivity index (χ0) is 23.2. The number of carbonyl (C=O) groups is 1. The number of hydrogen-bond acceptors (Lipinski definition) is 5.